The number of carboxylic acid groups (broad SMARTS) is 1. The van der Waals surface area contributed by atoms with Crippen molar-refractivity contribution < 1.29 is 72.9 Å². The number of aliphatic hydroxyl groups is 2. The van der Waals surface area contributed by atoms with Gasteiger partial charge in [0, 0.05) is 82.9 Å². The van der Waals surface area contributed by atoms with E-state index in [1.165, 1.54) is 106 Å². The molecule has 19 heteroatoms. The first-order chi connectivity index (χ1) is 53.3. The van der Waals surface area contributed by atoms with Crippen molar-refractivity contribution in [1.29, 1.82) is 0 Å². The summed E-state index contributed by atoms with van der Waals surface area (Å²) in [6.45, 7) is 33.0. The molecule has 7 unspecified atom stereocenters. The van der Waals surface area contributed by atoms with E-state index in [4.69, 9.17) is 24.8 Å². The highest BCUT2D eigenvalue weighted by Gasteiger charge is 2.52. The maximum Gasteiger partial charge on any atom is 0.335 e. The predicted molar refractivity (Wildman–Crippen MR) is 446 cm³/mol. The molecule has 2 aliphatic heterocycles. The Morgan fingerprint density at radius 2 is 1.15 bits per heavy atom. The van der Waals surface area contributed by atoms with Gasteiger partial charge >= 0.3 is 11.9 Å². The number of carbonyl (C=O) groups is 6. The van der Waals surface area contributed by atoms with Crippen molar-refractivity contribution in [2.75, 3.05) is 32.8 Å². The number of nitrogens with zero attached hydrogens (tertiary/aromatic N) is 1. The van der Waals surface area contributed by atoms with Crippen molar-refractivity contribution in [3.8, 4) is 11.5 Å². The maximum absolute atomic E-state index is 11.7. The lowest BCUT2D eigenvalue weighted by molar-refractivity contribution is -0.197. The number of amides is 4. The number of rotatable bonds is 30. The number of halogens is 1. The minimum absolute atomic E-state index is 0. The minimum Gasteiger partial charge on any atom is -0.508 e. The number of hydrogen-bond acceptors (Lipinski definition) is 14. The van der Waals surface area contributed by atoms with Gasteiger partial charge in [-0.05, 0) is 270 Å². The molecule has 8 N–H and O–H groups in total. The fourth-order valence-corrected chi connectivity index (χ4v) is 20.4. The van der Waals surface area contributed by atoms with Crippen LogP contribution in [0.5, 0.6) is 11.5 Å². The summed E-state index contributed by atoms with van der Waals surface area (Å²) in [5.74, 6) is 3.17. The highest BCUT2D eigenvalue weighted by molar-refractivity contribution is 6.01. The van der Waals surface area contributed by atoms with E-state index >= 15 is 0 Å². The van der Waals surface area contributed by atoms with E-state index in [0.717, 1.165) is 163 Å². The summed E-state index contributed by atoms with van der Waals surface area (Å²) in [6, 6.07) is 12.4. The SMILES string of the molecule is C=C1CC[C@H](OCCCN)C/C1=C/C=C1\CCC[C@@]2(C)C1CCC2[C@H](C)CCCC(C)(C)O.C=C1CC[C@H](OCCCNC(C)=O)C/C1=C/C=C1\CCC[C@@]2(C)C1CCC2[C@H](C)CCCC(C)(C)O.CC(=O)NCCCCCC(=O)ON1C(=O)CCC1=O.F.O=C(O)c1ccccc1C1c2ccc(O)cc2OC2CCCCC21. The largest absolute Gasteiger partial charge is 0.508 e. The molecule has 630 valence electrons. The highest BCUT2D eigenvalue weighted by Crippen LogP contribution is 2.62. The third-order valence-electron chi connectivity index (χ3n) is 26.4. The standard InChI is InChI=1S/C32H53NO3.C30H51NO2.C20H20O4.C12H18N2O5.FH/c1-23-12-15-28(36-21-9-20-33-25(3)34)22-27(23)14-13-26-11-8-19-32(6)29(16-17-30(26)32)24(2)10-7-18-31(4,5)35;1-22-11-14-26(33-20-8-19-31)21-25(22)13-12-24-10-7-18-30(5)27(15-16-28(24)30)23(2)9-6-17-29(3,4)32;21-12-9-10-16-18(11-12)24-17-8-4-3-7-15(17)19(16)13-5-1-2-6-14(13)20(22)23;1-9(15)13-8-4-2-3-5-12(18)19-14-10(16)6-7-11(14)17;/h13-14,24,28-30,35H,1,7-12,15-22H2,2-6H3,(H,33,34);12-13,23,26-28,32H,1,6-11,14-21,31H2,2-5H3;1-2,5-6,9-11,15,17,19,21H,3-4,7-8H2,(H,22,23);2-8H2,1H3,(H,13,15);1H/b26-13+,27-14-;24-12+,25-13-;;;/t24-,28+,29?,30?,32-;23-,26+,27?,28?,30-;;;/m11.../s1. The van der Waals surface area contributed by atoms with Gasteiger partial charge < -0.3 is 55.8 Å². The van der Waals surface area contributed by atoms with E-state index in [0.29, 0.717) is 71.9 Å². The van der Waals surface area contributed by atoms with Gasteiger partial charge in [0.2, 0.25) is 11.8 Å². The number of hydroxylamine groups is 2. The lowest BCUT2D eigenvalue weighted by Crippen LogP contribution is -2.39. The summed E-state index contributed by atoms with van der Waals surface area (Å²) >= 11 is 0. The Bertz CT molecular complexity index is 3610. The summed E-state index contributed by atoms with van der Waals surface area (Å²) < 4.78 is 18.4. The molecule has 9 aliphatic rings. The third-order valence-corrected chi connectivity index (χ3v) is 26.4. The molecule has 13 atom stereocenters. The molecule has 7 saturated carbocycles. The van der Waals surface area contributed by atoms with Crippen LogP contribution in [0.3, 0.4) is 0 Å². The van der Waals surface area contributed by atoms with Crippen molar-refractivity contribution >= 4 is 35.6 Å². The number of nitrogens with one attached hydrogen (secondary N) is 2. The quantitative estimate of drug-likeness (QED) is 0.0283. The molecule has 0 bridgehead atoms. The zero-order chi connectivity index (χ0) is 81.3. The summed E-state index contributed by atoms with van der Waals surface area (Å²) in [5.41, 5.74) is 16.2. The van der Waals surface area contributed by atoms with E-state index < -0.39 is 35.0 Å². The molecular formula is C94H143FN4O14. The number of aromatic hydroxyl groups is 1. The Morgan fingerprint density at radius 1 is 0.637 bits per heavy atom. The lowest BCUT2D eigenvalue weighted by Gasteiger charge is -2.44. The van der Waals surface area contributed by atoms with Crippen LogP contribution in [0.15, 0.2) is 113 Å². The number of carbonyl (C=O) groups excluding carboxylic acids is 5. The second-order valence-electron chi connectivity index (χ2n) is 36.1. The fraction of sp³-hybridized carbons (Fsp3) is 0.681. The van der Waals surface area contributed by atoms with E-state index in [9.17, 15) is 49.2 Å². The maximum atomic E-state index is 11.7. The molecule has 4 amide bonds. The number of carboxylic acids is 1. The fourth-order valence-electron chi connectivity index (χ4n) is 20.4. The van der Waals surface area contributed by atoms with Crippen molar-refractivity contribution in [3.63, 3.8) is 0 Å². The molecule has 2 aromatic rings. The van der Waals surface area contributed by atoms with Crippen LogP contribution in [0.4, 0.5) is 4.70 Å². The Kier molecular flexibility index (Phi) is 36.8. The van der Waals surface area contributed by atoms with Crippen molar-refractivity contribution in [2.45, 2.75) is 323 Å². The summed E-state index contributed by atoms with van der Waals surface area (Å²) in [4.78, 5) is 71.8. The Labute approximate surface area is 676 Å². The van der Waals surface area contributed by atoms with Crippen LogP contribution in [0.2, 0.25) is 0 Å². The van der Waals surface area contributed by atoms with Gasteiger partial charge in [-0.25, -0.2) is 9.59 Å². The number of phenolic OH excluding ortho intramolecular Hbond substituents is 1. The molecule has 2 heterocycles. The number of imide groups is 1. The smallest absolute Gasteiger partial charge is 0.335 e. The molecule has 8 fully saturated rings. The zero-order valence-electron chi connectivity index (χ0n) is 70.5. The van der Waals surface area contributed by atoms with Crippen LogP contribution in [-0.2, 0) is 38.3 Å². The van der Waals surface area contributed by atoms with Gasteiger partial charge in [-0.1, -0.05) is 150 Å². The zero-order valence-corrected chi connectivity index (χ0v) is 70.5. The molecule has 1 saturated heterocycles. The number of benzene rings is 2. The number of aromatic carboxylic acids is 1. The average molecular weight is 1570 g/mol. The average Bonchev–Trinajstić information content (AvgIpc) is 1.73. The van der Waals surface area contributed by atoms with Gasteiger partial charge in [0.25, 0.3) is 11.8 Å². The topological polar surface area (TPSA) is 274 Å². The van der Waals surface area contributed by atoms with Gasteiger partial charge in [-0.15, -0.1) is 5.06 Å². The van der Waals surface area contributed by atoms with Crippen LogP contribution in [0.25, 0.3) is 0 Å². The van der Waals surface area contributed by atoms with Gasteiger partial charge in [0.1, 0.15) is 17.6 Å². The van der Waals surface area contributed by atoms with Gasteiger partial charge in [-0.2, -0.15) is 0 Å². The van der Waals surface area contributed by atoms with Crippen LogP contribution in [-0.4, -0.2) is 123 Å². The molecule has 11 rings (SSSR count). The first kappa shape index (κ1) is 93.4. The number of phenols is 1. The van der Waals surface area contributed by atoms with E-state index in [1.807, 2.05) is 45.9 Å². The first-order valence-corrected chi connectivity index (χ1v) is 43.2. The Balaban J connectivity index is 0.000000214. The van der Waals surface area contributed by atoms with Crippen molar-refractivity contribution in [2.24, 2.45) is 58.0 Å². The second kappa shape index (κ2) is 44.5. The molecule has 7 aliphatic carbocycles. The molecule has 2 aromatic carbocycles. The first-order valence-electron chi connectivity index (χ1n) is 43.2. The Hall–Kier alpha value is -6.77. The summed E-state index contributed by atoms with van der Waals surface area (Å²) in [6.07, 6.45) is 44.8. The molecule has 0 spiro atoms. The van der Waals surface area contributed by atoms with Crippen LogP contribution >= 0.6 is 0 Å². The normalized spacial score (nSPS) is 28.0. The molecule has 0 radical (unpaired) electrons. The van der Waals surface area contributed by atoms with Gasteiger partial charge in [-0.3, -0.25) is 23.9 Å². The number of fused-ring (bicyclic) bond motifs is 4. The number of allylic oxidation sites excluding steroid dienone is 8. The van der Waals surface area contributed by atoms with Gasteiger partial charge in [0.15, 0.2) is 0 Å². The van der Waals surface area contributed by atoms with E-state index in [1.54, 1.807) is 42.3 Å². The van der Waals surface area contributed by atoms with E-state index in [-0.39, 0.29) is 65.6 Å². The van der Waals surface area contributed by atoms with E-state index in [2.05, 4.69) is 75.8 Å². The third kappa shape index (κ3) is 27.7. The van der Waals surface area contributed by atoms with Crippen molar-refractivity contribution in [3.05, 3.63) is 130 Å². The summed E-state index contributed by atoms with van der Waals surface area (Å²) in [7, 11) is 0. The summed E-state index contributed by atoms with van der Waals surface area (Å²) in [5, 5.41) is 45.7. The van der Waals surface area contributed by atoms with Gasteiger partial charge in [0.05, 0.1) is 29.0 Å². The van der Waals surface area contributed by atoms with Crippen LogP contribution in [0, 0.1) is 52.3 Å². The van der Waals surface area contributed by atoms with Crippen molar-refractivity contribution in [1.82, 2.24) is 15.7 Å². The number of unbranched alkanes of at least 4 members (excludes halogenated alkanes) is 2. The monoisotopic (exact) mass is 1570 g/mol. The lowest BCUT2D eigenvalue weighted by atomic mass is 9.60. The molecular weight excluding hydrogens is 1430 g/mol. The molecule has 113 heavy (non-hydrogen) atoms. The number of hydrogen-bond donors (Lipinski definition) is 7. The number of ether oxygens (including phenoxy) is 3. The van der Waals surface area contributed by atoms with Crippen LogP contribution < -0.4 is 21.1 Å². The highest BCUT2D eigenvalue weighted by atomic mass is 19.0. The molecule has 18 nitrogen and oxygen atoms in total. The Morgan fingerprint density at radius 3 is 1.66 bits per heavy atom. The predicted octanol–water partition coefficient (Wildman–Crippen LogP) is 19.0. The molecule has 0 aromatic heterocycles. The van der Waals surface area contributed by atoms with Crippen LogP contribution in [0.1, 0.15) is 315 Å². The minimum atomic E-state index is -0.898. The number of nitrogens with two attached hydrogens (primary N) is 1. The second-order valence-corrected chi connectivity index (χ2v) is 36.1.